The Balaban J connectivity index is 1.20. The molecule has 234 valence electrons. The molecule has 0 radical (unpaired) electrons. The zero-order valence-corrected chi connectivity index (χ0v) is 24.7. The van der Waals surface area contributed by atoms with Gasteiger partial charge in [-0.2, -0.15) is 5.21 Å². The van der Waals surface area contributed by atoms with Crippen LogP contribution in [0.3, 0.4) is 0 Å². The molecule has 7 rings (SSSR count). The Bertz CT molecular complexity index is 1860. The Kier molecular flexibility index (Phi) is 8.36. The minimum atomic E-state index is -0.979. The molecule has 4 N–H and O–H groups in total. The van der Waals surface area contributed by atoms with E-state index < -0.39 is 11.6 Å². The maximum atomic E-state index is 14.3. The number of anilines is 1. The van der Waals surface area contributed by atoms with Gasteiger partial charge in [-0.25, -0.2) is 8.78 Å². The lowest BCUT2D eigenvalue weighted by Gasteiger charge is -2.19. The molecule has 2 fully saturated rings. The van der Waals surface area contributed by atoms with E-state index in [4.69, 9.17) is 9.47 Å². The fourth-order valence-electron chi connectivity index (χ4n) is 5.73. The average molecular weight is 624 g/mol. The van der Waals surface area contributed by atoms with Gasteiger partial charge < -0.3 is 25.4 Å². The molecule has 4 aromatic carbocycles. The van der Waals surface area contributed by atoms with Crippen LogP contribution < -0.4 is 25.4 Å². The van der Waals surface area contributed by atoms with Gasteiger partial charge in [0.15, 0.2) is 11.6 Å². The molecule has 5 aromatic rings. The van der Waals surface area contributed by atoms with Crippen LogP contribution in [0.15, 0.2) is 78.9 Å². The molecule has 1 aromatic heterocycles. The molecule has 0 spiro atoms. The first-order valence-corrected chi connectivity index (χ1v) is 15.1. The first-order chi connectivity index (χ1) is 22.5. The minimum Gasteiger partial charge on any atom is -0.488 e. The molecule has 2 aliphatic heterocycles. The number of aromatic amines is 1. The maximum absolute atomic E-state index is 14.3. The second-order valence-electron chi connectivity index (χ2n) is 11.3. The number of carbonyl (C=O) groups is 1. The lowest BCUT2D eigenvalue weighted by molar-refractivity contribution is 0.102. The number of carbonyl (C=O) groups excluding carboxylic acids is 1. The van der Waals surface area contributed by atoms with E-state index in [1.807, 2.05) is 36.4 Å². The van der Waals surface area contributed by atoms with E-state index in [1.54, 1.807) is 24.3 Å². The van der Waals surface area contributed by atoms with E-state index in [1.165, 1.54) is 6.07 Å². The molecule has 0 bridgehead atoms. The normalized spacial score (nSPS) is 17.6. The van der Waals surface area contributed by atoms with Crippen LogP contribution >= 0.6 is 0 Å². The summed E-state index contributed by atoms with van der Waals surface area (Å²) in [7, 11) is 0. The van der Waals surface area contributed by atoms with Crippen molar-refractivity contribution in [3.05, 3.63) is 96.1 Å². The molecule has 2 saturated heterocycles. The zero-order valence-electron chi connectivity index (χ0n) is 24.7. The van der Waals surface area contributed by atoms with Crippen LogP contribution in [0.1, 0.15) is 23.2 Å². The highest BCUT2D eigenvalue weighted by atomic mass is 19.2. The van der Waals surface area contributed by atoms with E-state index in [0.717, 1.165) is 61.3 Å². The van der Waals surface area contributed by atoms with Crippen molar-refractivity contribution in [2.24, 2.45) is 0 Å². The number of hydrogen-bond acceptors (Lipinski definition) is 8. The fourth-order valence-corrected chi connectivity index (χ4v) is 5.73. The third-order valence-corrected chi connectivity index (χ3v) is 8.10. The first-order valence-electron chi connectivity index (χ1n) is 15.1. The molecule has 3 heterocycles. The number of amides is 1. The molecule has 10 nitrogen and oxygen atoms in total. The second kappa shape index (κ2) is 13.0. The lowest BCUT2D eigenvalue weighted by atomic mass is 10.00. The van der Waals surface area contributed by atoms with Crippen LogP contribution in [0.2, 0.25) is 0 Å². The predicted molar refractivity (Wildman–Crippen MR) is 169 cm³/mol. The van der Waals surface area contributed by atoms with Crippen LogP contribution in [-0.4, -0.2) is 64.9 Å². The van der Waals surface area contributed by atoms with Crippen molar-refractivity contribution < 1.29 is 23.0 Å². The Hall–Kier alpha value is -5.20. The van der Waals surface area contributed by atoms with Crippen molar-refractivity contribution in [2.75, 3.05) is 31.5 Å². The summed E-state index contributed by atoms with van der Waals surface area (Å²) in [6.07, 6.45) is 1.66. The predicted octanol–water partition coefficient (Wildman–Crippen LogP) is 5.21. The summed E-state index contributed by atoms with van der Waals surface area (Å²) < 4.78 is 40.6. The highest BCUT2D eigenvalue weighted by molar-refractivity contribution is 6.05. The molecule has 12 heteroatoms. The Morgan fingerprint density at radius 3 is 2.13 bits per heavy atom. The van der Waals surface area contributed by atoms with Gasteiger partial charge in [0, 0.05) is 41.0 Å². The van der Waals surface area contributed by atoms with Crippen molar-refractivity contribution >= 4 is 11.6 Å². The second-order valence-corrected chi connectivity index (χ2v) is 11.3. The third kappa shape index (κ3) is 6.44. The maximum Gasteiger partial charge on any atom is 0.255 e. The van der Waals surface area contributed by atoms with Gasteiger partial charge >= 0.3 is 0 Å². The van der Waals surface area contributed by atoms with Gasteiger partial charge in [-0.05, 0) is 96.9 Å². The van der Waals surface area contributed by atoms with Gasteiger partial charge in [0.25, 0.3) is 5.91 Å². The quantitative estimate of drug-likeness (QED) is 0.176. The van der Waals surface area contributed by atoms with Crippen molar-refractivity contribution in [1.29, 1.82) is 0 Å². The van der Waals surface area contributed by atoms with E-state index in [-0.39, 0.29) is 18.1 Å². The molecular formula is C34H31F2N7O3. The average Bonchev–Trinajstić information content (AvgIpc) is 3.89. The standard InChI is InChI=1S/C34H31F2N7O3/c35-29-7-4-21(16-30(29)36)27-15-23(5-8-31(27)45-25-10-12-37-18-25)34(44)39-24-6-9-32(46-26-11-13-38-19-26)28(17-24)20-2-1-3-22(14-20)33-40-42-43-41-33/h1-9,14-17,25-26,37-38H,10-13,18-19H2,(H,39,44)(H,40,41,42,43). The SMILES string of the molecule is O=C(Nc1ccc(OC2CCNC2)c(-c2cccc(-c3nn[nH]n3)c2)c1)c1ccc(OC2CCNC2)c(-c2ccc(F)c(F)c2)c1. The summed E-state index contributed by atoms with van der Waals surface area (Å²) in [5, 5.41) is 23.9. The zero-order chi connectivity index (χ0) is 31.5. The van der Waals surface area contributed by atoms with Crippen LogP contribution in [0.4, 0.5) is 14.5 Å². The minimum absolute atomic E-state index is 0.0232. The van der Waals surface area contributed by atoms with E-state index >= 15 is 0 Å². The lowest BCUT2D eigenvalue weighted by Crippen LogP contribution is -2.20. The molecule has 2 atom stereocenters. The van der Waals surface area contributed by atoms with Crippen LogP contribution in [0.5, 0.6) is 11.5 Å². The van der Waals surface area contributed by atoms with Crippen molar-refractivity contribution in [3.8, 4) is 45.1 Å². The third-order valence-electron chi connectivity index (χ3n) is 8.10. The highest BCUT2D eigenvalue weighted by Gasteiger charge is 2.22. The number of tetrazole rings is 1. The molecule has 2 unspecified atom stereocenters. The van der Waals surface area contributed by atoms with Crippen molar-refractivity contribution in [1.82, 2.24) is 31.3 Å². The molecule has 0 aliphatic carbocycles. The Morgan fingerprint density at radius 1 is 0.761 bits per heavy atom. The first kappa shape index (κ1) is 29.5. The summed E-state index contributed by atoms with van der Waals surface area (Å²) >= 11 is 0. The summed E-state index contributed by atoms with van der Waals surface area (Å²) in [6.45, 7) is 3.14. The van der Waals surface area contributed by atoms with Gasteiger partial charge in [0.2, 0.25) is 5.82 Å². The Morgan fingerprint density at radius 2 is 1.46 bits per heavy atom. The van der Waals surface area contributed by atoms with Gasteiger partial charge in [-0.3, -0.25) is 4.79 Å². The summed E-state index contributed by atoms with van der Waals surface area (Å²) in [5.74, 6) is -0.674. The van der Waals surface area contributed by atoms with E-state index in [2.05, 4.69) is 36.6 Å². The van der Waals surface area contributed by atoms with Gasteiger partial charge in [-0.15, -0.1) is 10.2 Å². The summed E-state index contributed by atoms with van der Waals surface area (Å²) in [4.78, 5) is 13.6. The topological polar surface area (TPSA) is 126 Å². The molecule has 0 saturated carbocycles. The number of aromatic nitrogens is 4. The monoisotopic (exact) mass is 623 g/mol. The number of nitrogens with one attached hydrogen (secondary N) is 4. The van der Waals surface area contributed by atoms with Gasteiger partial charge in [-0.1, -0.05) is 24.3 Å². The number of rotatable bonds is 9. The fraction of sp³-hybridized carbons (Fsp3) is 0.235. The van der Waals surface area contributed by atoms with Gasteiger partial charge in [0.05, 0.1) is 0 Å². The van der Waals surface area contributed by atoms with Crippen LogP contribution in [0.25, 0.3) is 33.6 Å². The van der Waals surface area contributed by atoms with Gasteiger partial charge in [0.1, 0.15) is 23.7 Å². The van der Waals surface area contributed by atoms with E-state index in [9.17, 15) is 13.6 Å². The van der Waals surface area contributed by atoms with Crippen LogP contribution in [0, 0.1) is 11.6 Å². The number of H-pyrrole nitrogens is 1. The number of hydrogen-bond donors (Lipinski definition) is 4. The molecular weight excluding hydrogens is 592 g/mol. The summed E-state index contributed by atoms with van der Waals surface area (Å²) in [5.41, 5.74) is 4.18. The Labute approximate surface area is 263 Å². The smallest absolute Gasteiger partial charge is 0.255 e. The largest absolute Gasteiger partial charge is 0.488 e. The van der Waals surface area contributed by atoms with Crippen molar-refractivity contribution in [2.45, 2.75) is 25.0 Å². The number of halogens is 2. The molecule has 1 amide bonds. The molecule has 46 heavy (non-hydrogen) atoms. The number of benzene rings is 4. The van der Waals surface area contributed by atoms with Crippen molar-refractivity contribution in [3.63, 3.8) is 0 Å². The highest BCUT2D eigenvalue weighted by Crippen LogP contribution is 2.37. The summed E-state index contributed by atoms with van der Waals surface area (Å²) in [6, 6.07) is 21.9. The van der Waals surface area contributed by atoms with Crippen LogP contribution in [-0.2, 0) is 0 Å². The molecule has 2 aliphatic rings. The van der Waals surface area contributed by atoms with E-state index in [0.29, 0.717) is 46.2 Å². The number of ether oxygens (including phenoxy) is 2. The number of nitrogens with zero attached hydrogens (tertiary/aromatic N) is 3.